The van der Waals surface area contributed by atoms with Crippen molar-refractivity contribution in [1.29, 1.82) is 0 Å². The number of rotatable bonds is 3. The summed E-state index contributed by atoms with van der Waals surface area (Å²) >= 11 is 2.43. The molecular weight excluding hydrogens is 493 g/mol. The lowest BCUT2D eigenvalue weighted by Crippen LogP contribution is -2.32. The molecule has 0 amide bonds. The molecule has 1 unspecified atom stereocenters. The lowest BCUT2D eigenvalue weighted by Gasteiger charge is -2.30. The fourth-order valence-electron chi connectivity index (χ4n) is 4.43. The van der Waals surface area contributed by atoms with E-state index in [1.165, 1.54) is 14.7 Å². The Kier molecular flexibility index (Phi) is 6.00. The van der Waals surface area contributed by atoms with Crippen molar-refractivity contribution in [2.75, 3.05) is 13.1 Å². The fraction of sp³-hybridized carbons (Fsp3) is 0.333. The number of hydrogen-bond acceptors (Lipinski definition) is 2. The standard InChI is InChI=1S/C24H26INO2S/c1-19-11-13-21(14-12-19)29(27,28)26-17-22(23(25)20-9-5-4-6-10-20)24(18-26)15-7-2-3-8-16-24/h2,4-7,9-14H,3,8,15-18H2,1H3/b23-22+. The minimum absolute atomic E-state index is 0.114. The quantitative estimate of drug-likeness (QED) is 0.371. The highest BCUT2D eigenvalue weighted by Crippen LogP contribution is 2.50. The van der Waals surface area contributed by atoms with E-state index in [1.54, 1.807) is 16.4 Å². The maximum atomic E-state index is 13.4. The number of halogens is 1. The van der Waals surface area contributed by atoms with Gasteiger partial charge >= 0.3 is 0 Å². The second kappa shape index (κ2) is 8.36. The second-order valence-corrected chi connectivity index (χ2v) is 11.1. The summed E-state index contributed by atoms with van der Waals surface area (Å²) in [6, 6.07) is 17.6. The van der Waals surface area contributed by atoms with Gasteiger partial charge in [0.05, 0.1) is 4.90 Å². The van der Waals surface area contributed by atoms with Crippen LogP contribution < -0.4 is 0 Å². The van der Waals surface area contributed by atoms with Crippen LogP contribution in [0.1, 0.15) is 36.8 Å². The van der Waals surface area contributed by atoms with Gasteiger partial charge in [0.25, 0.3) is 0 Å². The van der Waals surface area contributed by atoms with Gasteiger partial charge in [0.2, 0.25) is 10.0 Å². The van der Waals surface area contributed by atoms with Gasteiger partial charge in [-0.15, -0.1) is 0 Å². The lowest BCUT2D eigenvalue weighted by atomic mass is 9.76. The van der Waals surface area contributed by atoms with Crippen LogP contribution in [0.15, 0.2) is 77.2 Å². The summed E-state index contributed by atoms with van der Waals surface area (Å²) < 4.78 is 29.8. The van der Waals surface area contributed by atoms with Crippen LogP contribution in [0.4, 0.5) is 0 Å². The number of benzene rings is 2. The molecule has 1 atom stereocenters. The van der Waals surface area contributed by atoms with Crippen molar-refractivity contribution < 1.29 is 8.42 Å². The maximum Gasteiger partial charge on any atom is 0.243 e. The molecule has 29 heavy (non-hydrogen) atoms. The molecule has 5 heteroatoms. The molecule has 0 radical (unpaired) electrons. The number of aryl methyl sites for hydroxylation is 1. The van der Waals surface area contributed by atoms with Crippen LogP contribution in [0.25, 0.3) is 3.58 Å². The van der Waals surface area contributed by atoms with E-state index in [4.69, 9.17) is 0 Å². The van der Waals surface area contributed by atoms with Crippen molar-refractivity contribution in [2.45, 2.75) is 37.5 Å². The summed E-state index contributed by atoms with van der Waals surface area (Å²) in [5, 5.41) is 0. The largest absolute Gasteiger partial charge is 0.243 e. The van der Waals surface area contributed by atoms with Crippen molar-refractivity contribution in [3.05, 3.63) is 83.4 Å². The predicted molar refractivity (Wildman–Crippen MR) is 127 cm³/mol. The Morgan fingerprint density at radius 2 is 1.76 bits per heavy atom. The molecule has 0 saturated carbocycles. The van der Waals surface area contributed by atoms with Gasteiger partial charge < -0.3 is 0 Å². The Labute approximate surface area is 187 Å². The zero-order chi connectivity index (χ0) is 20.5. The summed E-state index contributed by atoms with van der Waals surface area (Å²) in [5.41, 5.74) is 3.39. The van der Waals surface area contributed by atoms with Crippen molar-refractivity contribution in [3.63, 3.8) is 0 Å². The van der Waals surface area contributed by atoms with Gasteiger partial charge in [0.15, 0.2) is 0 Å². The Bertz CT molecular complexity index is 1040. The lowest BCUT2D eigenvalue weighted by molar-refractivity contribution is 0.322. The summed E-state index contributed by atoms with van der Waals surface area (Å²) in [7, 11) is -3.52. The topological polar surface area (TPSA) is 37.4 Å². The van der Waals surface area contributed by atoms with E-state index in [0.717, 1.165) is 31.2 Å². The SMILES string of the molecule is Cc1ccc(S(=O)(=O)N2C/C(=C(\I)c3ccccc3)C3(CC=CCCC3)C2)cc1. The third-order valence-electron chi connectivity index (χ3n) is 6.11. The highest BCUT2D eigenvalue weighted by Gasteiger charge is 2.47. The summed E-state index contributed by atoms with van der Waals surface area (Å²) in [4.78, 5) is 0.387. The van der Waals surface area contributed by atoms with Crippen molar-refractivity contribution in [1.82, 2.24) is 4.31 Å². The Morgan fingerprint density at radius 1 is 1.03 bits per heavy atom. The number of nitrogens with zero attached hydrogens (tertiary/aromatic N) is 1. The molecule has 1 saturated heterocycles. The normalized spacial score (nSPS) is 24.6. The third kappa shape index (κ3) is 4.09. The summed E-state index contributed by atoms with van der Waals surface area (Å²) in [6.45, 7) is 3.00. The minimum Gasteiger partial charge on any atom is -0.207 e. The number of sulfonamides is 1. The minimum atomic E-state index is -3.52. The van der Waals surface area contributed by atoms with E-state index in [2.05, 4.69) is 46.9 Å². The van der Waals surface area contributed by atoms with Gasteiger partial charge in [0, 0.05) is 22.1 Å². The molecule has 1 fully saturated rings. The van der Waals surface area contributed by atoms with E-state index < -0.39 is 10.0 Å². The van der Waals surface area contributed by atoms with E-state index >= 15 is 0 Å². The molecule has 0 bridgehead atoms. The first-order valence-corrected chi connectivity index (χ1v) is 12.6. The molecule has 3 nitrogen and oxygen atoms in total. The van der Waals surface area contributed by atoms with Gasteiger partial charge in [-0.05, 0) is 78.5 Å². The second-order valence-electron chi connectivity index (χ2n) is 8.09. The van der Waals surface area contributed by atoms with Crippen LogP contribution in [0.2, 0.25) is 0 Å². The van der Waals surface area contributed by atoms with Crippen molar-refractivity contribution >= 4 is 36.2 Å². The Hall–Kier alpha value is -1.44. The first-order chi connectivity index (χ1) is 13.9. The van der Waals surface area contributed by atoms with Crippen molar-refractivity contribution in [3.8, 4) is 0 Å². The smallest absolute Gasteiger partial charge is 0.207 e. The molecule has 1 aliphatic heterocycles. The Balaban J connectivity index is 1.78. The zero-order valence-electron chi connectivity index (χ0n) is 16.6. The zero-order valence-corrected chi connectivity index (χ0v) is 19.6. The van der Waals surface area contributed by atoms with Gasteiger partial charge in [-0.25, -0.2) is 8.42 Å². The number of hydrogen-bond donors (Lipinski definition) is 0. The highest BCUT2D eigenvalue weighted by atomic mass is 127. The van der Waals surface area contributed by atoms with Gasteiger partial charge in [-0.2, -0.15) is 4.31 Å². The highest BCUT2D eigenvalue weighted by molar-refractivity contribution is 14.1. The van der Waals surface area contributed by atoms with E-state index in [9.17, 15) is 8.42 Å². The summed E-state index contributed by atoms with van der Waals surface area (Å²) in [6.07, 6.45) is 8.59. The third-order valence-corrected chi connectivity index (χ3v) is 9.19. The molecule has 4 rings (SSSR count). The summed E-state index contributed by atoms with van der Waals surface area (Å²) in [5.74, 6) is 0. The van der Waals surface area contributed by atoms with Crippen LogP contribution in [-0.4, -0.2) is 25.8 Å². The Morgan fingerprint density at radius 3 is 2.48 bits per heavy atom. The molecular formula is C24H26INO2S. The van der Waals surface area contributed by atoms with Gasteiger partial charge in [0.1, 0.15) is 0 Å². The number of allylic oxidation sites excluding steroid dienone is 2. The molecule has 1 heterocycles. The van der Waals surface area contributed by atoms with Crippen LogP contribution in [-0.2, 0) is 10.0 Å². The first-order valence-electron chi connectivity index (χ1n) is 10.1. The average Bonchev–Trinajstić information content (AvgIpc) is 2.94. The molecule has 2 aliphatic rings. The molecule has 2 aromatic carbocycles. The van der Waals surface area contributed by atoms with Crippen LogP contribution >= 0.6 is 22.6 Å². The molecule has 0 aromatic heterocycles. The van der Waals surface area contributed by atoms with E-state index in [-0.39, 0.29) is 5.41 Å². The van der Waals surface area contributed by atoms with Crippen LogP contribution in [0, 0.1) is 12.3 Å². The van der Waals surface area contributed by atoms with E-state index in [1.807, 2.05) is 37.3 Å². The molecule has 1 spiro atoms. The predicted octanol–water partition coefficient (Wildman–Crippen LogP) is 5.96. The van der Waals surface area contributed by atoms with Crippen LogP contribution in [0.3, 0.4) is 0 Å². The van der Waals surface area contributed by atoms with Crippen molar-refractivity contribution in [2.24, 2.45) is 5.41 Å². The monoisotopic (exact) mass is 519 g/mol. The van der Waals surface area contributed by atoms with Crippen LogP contribution in [0.5, 0.6) is 0 Å². The van der Waals surface area contributed by atoms with Gasteiger partial charge in [-0.1, -0.05) is 60.2 Å². The molecule has 2 aromatic rings. The molecule has 152 valence electrons. The molecule has 0 N–H and O–H groups in total. The molecule has 1 aliphatic carbocycles. The average molecular weight is 519 g/mol. The fourth-order valence-corrected chi connectivity index (χ4v) is 7.02. The first kappa shape index (κ1) is 20.8. The maximum absolute atomic E-state index is 13.4. The van der Waals surface area contributed by atoms with Gasteiger partial charge in [-0.3, -0.25) is 0 Å². The van der Waals surface area contributed by atoms with E-state index in [0.29, 0.717) is 18.0 Å².